The van der Waals surface area contributed by atoms with Crippen LogP contribution in [0.15, 0.2) is 53.7 Å². The van der Waals surface area contributed by atoms with Gasteiger partial charge >= 0.3 is 0 Å². The Morgan fingerprint density at radius 3 is 2.56 bits per heavy atom. The maximum Gasteiger partial charge on any atom is 0.298 e. The van der Waals surface area contributed by atoms with Crippen molar-refractivity contribution in [2.24, 2.45) is 0 Å². The fraction of sp³-hybridized carbons (Fsp3) is 0.0833. The zero-order valence-electron chi connectivity index (χ0n) is 9.45. The second-order valence-corrected chi connectivity index (χ2v) is 5.08. The van der Waals surface area contributed by atoms with Gasteiger partial charge in [0.2, 0.25) is 0 Å². The van der Waals surface area contributed by atoms with Gasteiger partial charge in [0.15, 0.2) is 0 Å². The van der Waals surface area contributed by atoms with Crippen molar-refractivity contribution >= 4 is 15.8 Å². The van der Waals surface area contributed by atoms with Crippen LogP contribution < -0.4 is 5.32 Å². The van der Waals surface area contributed by atoms with E-state index in [1.165, 1.54) is 12.3 Å². The molecule has 1 heterocycles. The van der Waals surface area contributed by atoms with E-state index in [1.807, 2.05) is 30.3 Å². The number of hydrogen-bond donors (Lipinski definition) is 2. The second kappa shape index (κ2) is 5.16. The first kappa shape index (κ1) is 12.5. The van der Waals surface area contributed by atoms with Gasteiger partial charge in [-0.15, -0.1) is 0 Å². The van der Waals surface area contributed by atoms with Gasteiger partial charge in [0.05, 0.1) is 11.9 Å². The van der Waals surface area contributed by atoms with E-state index >= 15 is 0 Å². The number of aromatic nitrogens is 1. The predicted molar refractivity (Wildman–Crippen MR) is 67.8 cm³/mol. The predicted octanol–water partition coefficient (Wildman–Crippen LogP) is 1.94. The topological polar surface area (TPSA) is 79.3 Å². The van der Waals surface area contributed by atoms with Gasteiger partial charge in [-0.2, -0.15) is 8.42 Å². The second-order valence-electron chi connectivity index (χ2n) is 3.69. The molecule has 2 N–H and O–H groups in total. The van der Waals surface area contributed by atoms with E-state index in [0.29, 0.717) is 12.2 Å². The summed E-state index contributed by atoms with van der Waals surface area (Å²) in [5, 5.41) is 2.96. The van der Waals surface area contributed by atoms with Crippen LogP contribution in [0.4, 0.5) is 5.69 Å². The summed E-state index contributed by atoms with van der Waals surface area (Å²) < 4.78 is 31.3. The molecule has 1 aromatic heterocycles. The monoisotopic (exact) mass is 264 g/mol. The van der Waals surface area contributed by atoms with Crippen LogP contribution in [0.25, 0.3) is 0 Å². The van der Waals surface area contributed by atoms with Crippen LogP contribution in [0.2, 0.25) is 0 Å². The van der Waals surface area contributed by atoms with Crippen molar-refractivity contribution in [1.82, 2.24) is 4.98 Å². The first-order chi connectivity index (χ1) is 8.57. The molecule has 0 fully saturated rings. The summed E-state index contributed by atoms with van der Waals surface area (Å²) in [6.07, 6.45) is 2.57. The summed E-state index contributed by atoms with van der Waals surface area (Å²) in [4.78, 5) is 3.47. The van der Waals surface area contributed by atoms with Gasteiger partial charge in [-0.05, 0) is 11.6 Å². The van der Waals surface area contributed by atoms with E-state index in [9.17, 15) is 8.42 Å². The number of nitrogens with one attached hydrogen (secondary N) is 1. The minimum atomic E-state index is -4.26. The molecule has 2 rings (SSSR count). The maximum atomic E-state index is 11.1. The number of anilines is 1. The molecule has 0 atom stereocenters. The van der Waals surface area contributed by atoms with Crippen LogP contribution >= 0.6 is 0 Å². The molecular formula is C12H12N2O3S. The van der Waals surface area contributed by atoms with Crippen LogP contribution in [0.1, 0.15) is 5.56 Å². The van der Waals surface area contributed by atoms with Crippen LogP contribution in [-0.4, -0.2) is 18.0 Å². The SMILES string of the molecule is O=S(=O)(O)c1cnccc1NCc1ccccc1. The van der Waals surface area contributed by atoms with Gasteiger partial charge in [0.1, 0.15) is 4.90 Å². The molecule has 0 spiro atoms. The van der Waals surface area contributed by atoms with Gasteiger partial charge in [-0.25, -0.2) is 0 Å². The molecule has 0 aliphatic heterocycles. The minimum Gasteiger partial charge on any atom is -0.380 e. The molecule has 0 radical (unpaired) electrons. The molecule has 2 aromatic rings. The fourth-order valence-corrected chi connectivity index (χ4v) is 2.14. The van der Waals surface area contributed by atoms with Crippen molar-refractivity contribution in [3.8, 4) is 0 Å². The number of nitrogens with zero attached hydrogens (tertiary/aromatic N) is 1. The fourth-order valence-electron chi connectivity index (χ4n) is 1.52. The van der Waals surface area contributed by atoms with Crippen molar-refractivity contribution in [3.63, 3.8) is 0 Å². The van der Waals surface area contributed by atoms with Crippen molar-refractivity contribution in [2.45, 2.75) is 11.4 Å². The summed E-state index contributed by atoms with van der Waals surface area (Å²) in [6.45, 7) is 0.466. The Labute approximate surface area is 105 Å². The van der Waals surface area contributed by atoms with Crippen molar-refractivity contribution in [2.75, 3.05) is 5.32 Å². The zero-order chi connectivity index (χ0) is 13.0. The number of rotatable bonds is 4. The van der Waals surface area contributed by atoms with E-state index in [2.05, 4.69) is 10.3 Å². The lowest BCUT2D eigenvalue weighted by Crippen LogP contribution is -2.07. The molecule has 5 nitrogen and oxygen atoms in total. The highest BCUT2D eigenvalue weighted by Gasteiger charge is 2.14. The third-order valence-corrected chi connectivity index (χ3v) is 3.27. The average molecular weight is 264 g/mol. The molecule has 94 valence electrons. The smallest absolute Gasteiger partial charge is 0.298 e. The Balaban J connectivity index is 2.20. The highest BCUT2D eigenvalue weighted by Crippen LogP contribution is 2.19. The molecule has 0 bridgehead atoms. The average Bonchev–Trinajstić information content (AvgIpc) is 2.37. The Hall–Kier alpha value is -1.92. The van der Waals surface area contributed by atoms with E-state index in [4.69, 9.17) is 4.55 Å². The number of hydrogen-bond acceptors (Lipinski definition) is 4. The molecule has 0 amide bonds. The summed E-state index contributed by atoms with van der Waals surface area (Å²) in [7, 11) is -4.26. The van der Waals surface area contributed by atoms with E-state index < -0.39 is 10.1 Å². The Morgan fingerprint density at radius 2 is 1.89 bits per heavy atom. The van der Waals surface area contributed by atoms with E-state index in [0.717, 1.165) is 11.8 Å². The minimum absolute atomic E-state index is 0.221. The molecule has 18 heavy (non-hydrogen) atoms. The van der Waals surface area contributed by atoms with Gasteiger partial charge < -0.3 is 5.32 Å². The lowest BCUT2D eigenvalue weighted by Gasteiger charge is -2.09. The maximum absolute atomic E-state index is 11.1. The summed E-state index contributed by atoms with van der Waals surface area (Å²) in [5.41, 5.74) is 1.34. The normalized spacial score (nSPS) is 11.2. The summed E-state index contributed by atoms with van der Waals surface area (Å²) in [5.74, 6) is 0. The molecule has 0 saturated heterocycles. The number of pyridine rings is 1. The van der Waals surface area contributed by atoms with Gasteiger partial charge in [0, 0.05) is 12.7 Å². The van der Waals surface area contributed by atoms with Crippen molar-refractivity contribution in [1.29, 1.82) is 0 Å². The van der Waals surface area contributed by atoms with Crippen LogP contribution in [-0.2, 0) is 16.7 Å². The quantitative estimate of drug-likeness (QED) is 0.825. The molecule has 6 heteroatoms. The third-order valence-electron chi connectivity index (χ3n) is 2.39. The van der Waals surface area contributed by atoms with Gasteiger partial charge in [0.25, 0.3) is 10.1 Å². The zero-order valence-corrected chi connectivity index (χ0v) is 10.3. The third kappa shape index (κ3) is 3.06. The lowest BCUT2D eigenvalue weighted by molar-refractivity contribution is 0.483. The van der Waals surface area contributed by atoms with Crippen LogP contribution in [0.5, 0.6) is 0 Å². The Morgan fingerprint density at radius 1 is 1.17 bits per heavy atom. The Bertz CT molecular complexity index is 627. The molecule has 0 aliphatic carbocycles. The summed E-state index contributed by atoms with van der Waals surface area (Å²) in [6, 6.07) is 11.0. The van der Waals surface area contributed by atoms with Crippen molar-refractivity contribution < 1.29 is 13.0 Å². The molecule has 1 aromatic carbocycles. The highest BCUT2D eigenvalue weighted by molar-refractivity contribution is 7.86. The number of benzene rings is 1. The van der Waals surface area contributed by atoms with Gasteiger partial charge in [-0.3, -0.25) is 9.54 Å². The van der Waals surface area contributed by atoms with E-state index in [1.54, 1.807) is 0 Å². The van der Waals surface area contributed by atoms with Crippen molar-refractivity contribution in [3.05, 3.63) is 54.4 Å². The molecule has 0 unspecified atom stereocenters. The van der Waals surface area contributed by atoms with Crippen LogP contribution in [0.3, 0.4) is 0 Å². The Kier molecular flexibility index (Phi) is 3.59. The largest absolute Gasteiger partial charge is 0.380 e. The summed E-state index contributed by atoms with van der Waals surface area (Å²) >= 11 is 0. The van der Waals surface area contributed by atoms with Gasteiger partial charge in [-0.1, -0.05) is 30.3 Å². The first-order valence-corrected chi connectivity index (χ1v) is 6.70. The van der Waals surface area contributed by atoms with Crippen LogP contribution in [0, 0.1) is 0 Å². The van der Waals surface area contributed by atoms with E-state index in [-0.39, 0.29) is 4.90 Å². The molecule has 0 saturated carbocycles. The standard InChI is InChI=1S/C12H12N2O3S/c15-18(16,17)12-9-13-7-6-11(12)14-8-10-4-2-1-3-5-10/h1-7,9H,8H2,(H,13,14)(H,15,16,17). The molecular weight excluding hydrogens is 252 g/mol. The molecule has 0 aliphatic rings. The highest BCUT2D eigenvalue weighted by atomic mass is 32.2. The lowest BCUT2D eigenvalue weighted by atomic mass is 10.2. The first-order valence-electron chi connectivity index (χ1n) is 5.26.